The Hall–Kier alpha value is -4.49. The fourth-order valence-corrected chi connectivity index (χ4v) is 5.13. The van der Waals surface area contributed by atoms with E-state index in [1.54, 1.807) is 61.8 Å². The number of nitrogens with one attached hydrogen (secondary N) is 2. The Morgan fingerprint density at radius 3 is 2.89 bits per heavy atom. The summed E-state index contributed by atoms with van der Waals surface area (Å²) < 4.78 is 32.7. The Balaban J connectivity index is 1.39. The maximum absolute atomic E-state index is 13.9. The van der Waals surface area contributed by atoms with Gasteiger partial charge in [-0.3, -0.25) is 33.9 Å². The molecule has 2 N–H and O–H groups in total. The highest BCUT2D eigenvalue weighted by molar-refractivity contribution is 7.55. The number of fused-ring (bicyclic) bond motifs is 1. The Morgan fingerprint density at radius 1 is 1.26 bits per heavy atom. The summed E-state index contributed by atoms with van der Waals surface area (Å²) in [6.45, 7) is 1.18. The van der Waals surface area contributed by atoms with E-state index in [2.05, 4.69) is 26.0 Å². The second-order valence-corrected chi connectivity index (χ2v) is 10.1. The first kappa shape index (κ1) is 25.2. The number of anilines is 1. The number of rotatable bonds is 8. The summed E-state index contributed by atoms with van der Waals surface area (Å²) in [6, 6.07) is 12.0. The van der Waals surface area contributed by atoms with Crippen LogP contribution in [0.2, 0.25) is 0 Å². The van der Waals surface area contributed by atoms with Crippen molar-refractivity contribution in [1.29, 1.82) is 0 Å². The number of hydrogen-bond acceptors (Lipinski definition) is 8. The second-order valence-electron chi connectivity index (χ2n) is 8.45. The molecule has 1 unspecified atom stereocenters. The largest absolute Gasteiger partial charge is 0.486 e. The molecule has 0 bridgehead atoms. The van der Waals surface area contributed by atoms with Crippen LogP contribution in [0.25, 0.3) is 10.9 Å². The molecule has 192 valence electrons. The minimum Gasteiger partial charge on any atom is -0.409 e. The number of nitrogens with zero attached hydrogens (tertiary/aromatic N) is 3. The summed E-state index contributed by atoms with van der Waals surface area (Å²) >= 11 is 0. The zero-order valence-corrected chi connectivity index (χ0v) is 21.0. The molecule has 1 aliphatic rings. The molecule has 0 amide bonds. The number of aryl methyl sites for hydroxylation is 1. The molecule has 1 aromatic carbocycles. The maximum atomic E-state index is 13.9. The van der Waals surface area contributed by atoms with Crippen LogP contribution in [0.15, 0.2) is 89.0 Å². The molecule has 4 heterocycles. The Bertz CT molecular complexity index is 1730. The Morgan fingerprint density at radius 2 is 2.11 bits per heavy atom. The standard InChI is InChI=1S/C26H22N5O6P/c1-3-26(11-10-23(36-26)31-16-18(2)24(32)29-25(31)33)17-35-38(34,30-20-7-5-12-27-15-20)37-21-8-9-22-19(14-21)6-4-13-28-22/h1,4-16,23H,17H2,2H3,(H,30,34)(H,29,32,33)/t23-,26+,38?/m1/s1. The number of pyridine rings is 2. The number of hydrogen-bond donors (Lipinski definition) is 2. The monoisotopic (exact) mass is 531 g/mol. The second kappa shape index (κ2) is 10.1. The number of H-pyrrole nitrogens is 1. The quantitative estimate of drug-likeness (QED) is 0.199. The van der Waals surface area contributed by atoms with Crippen molar-refractivity contribution >= 4 is 24.3 Å². The van der Waals surface area contributed by atoms with Crippen molar-refractivity contribution < 1.29 is 18.3 Å². The lowest BCUT2D eigenvalue weighted by atomic mass is 10.1. The number of aromatic nitrogens is 4. The third-order valence-electron chi connectivity index (χ3n) is 5.70. The van der Waals surface area contributed by atoms with Crippen LogP contribution < -0.4 is 20.9 Å². The van der Waals surface area contributed by atoms with Crippen molar-refractivity contribution in [3.63, 3.8) is 0 Å². The lowest BCUT2D eigenvalue weighted by Gasteiger charge is -2.27. The molecule has 4 aromatic rings. The summed E-state index contributed by atoms with van der Waals surface area (Å²) in [4.78, 5) is 34.6. The van der Waals surface area contributed by atoms with E-state index in [1.807, 2.05) is 6.07 Å². The summed E-state index contributed by atoms with van der Waals surface area (Å²) in [6.07, 6.45) is 14.0. The van der Waals surface area contributed by atoms with Crippen LogP contribution in [0, 0.1) is 19.3 Å². The van der Waals surface area contributed by atoms with Crippen molar-refractivity contribution in [1.82, 2.24) is 19.5 Å². The van der Waals surface area contributed by atoms with Gasteiger partial charge in [0, 0.05) is 29.5 Å². The van der Waals surface area contributed by atoms with Gasteiger partial charge in [-0.25, -0.2) is 9.36 Å². The molecule has 0 fully saturated rings. The highest BCUT2D eigenvalue weighted by Gasteiger charge is 2.39. The van der Waals surface area contributed by atoms with E-state index in [1.165, 1.54) is 23.0 Å². The lowest BCUT2D eigenvalue weighted by molar-refractivity contribution is -0.0462. The van der Waals surface area contributed by atoms with E-state index in [9.17, 15) is 14.2 Å². The highest BCUT2D eigenvalue weighted by Crippen LogP contribution is 2.49. The van der Waals surface area contributed by atoms with Gasteiger partial charge < -0.3 is 9.26 Å². The van der Waals surface area contributed by atoms with Crippen molar-refractivity contribution in [2.24, 2.45) is 0 Å². The van der Waals surface area contributed by atoms with Gasteiger partial charge in [0.1, 0.15) is 12.4 Å². The molecule has 3 aromatic heterocycles. The molecular formula is C26H22N5O6P. The maximum Gasteiger partial charge on any atom is 0.486 e. The zero-order chi connectivity index (χ0) is 26.8. The first-order chi connectivity index (χ1) is 18.3. The highest BCUT2D eigenvalue weighted by atomic mass is 31.2. The number of benzene rings is 1. The summed E-state index contributed by atoms with van der Waals surface area (Å²) in [5, 5.41) is 3.55. The van der Waals surface area contributed by atoms with Gasteiger partial charge >= 0.3 is 13.4 Å². The van der Waals surface area contributed by atoms with Gasteiger partial charge in [-0.1, -0.05) is 12.0 Å². The summed E-state index contributed by atoms with van der Waals surface area (Å²) in [5.41, 5.74) is -1.18. The van der Waals surface area contributed by atoms with Crippen LogP contribution in [0.1, 0.15) is 11.8 Å². The molecule has 3 atom stereocenters. The average Bonchev–Trinajstić information content (AvgIpc) is 3.35. The van der Waals surface area contributed by atoms with Crippen LogP contribution in [0.3, 0.4) is 0 Å². The normalized spacial score (nSPS) is 20.1. The lowest BCUT2D eigenvalue weighted by Crippen LogP contribution is -2.37. The van der Waals surface area contributed by atoms with Gasteiger partial charge in [-0.2, -0.15) is 0 Å². The first-order valence-electron chi connectivity index (χ1n) is 11.4. The van der Waals surface area contributed by atoms with Gasteiger partial charge in [0.25, 0.3) is 5.56 Å². The Labute approximate surface area is 216 Å². The fraction of sp³-hybridized carbons (Fsp3) is 0.154. The third-order valence-corrected chi connectivity index (χ3v) is 7.15. The smallest absolute Gasteiger partial charge is 0.409 e. The topological polar surface area (TPSA) is 137 Å². The molecule has 5 rings (SSSR count). The van der Waals surface area contributed by atoms with Crippen LogP contribution >= 0.6 is 7.75 Å². The van der Waals surface area contributed by atoms with Crippen molar-refractivity contribution in [3.8, 4) is 18.1 Å². The van der Waals surface area contributed by atoms with Gasteiger partial charge in [0.15, 0.2) is 11.8 Å². The van der Waals surface area contributed by atoms with Crippen LogP contribution in [-0.4, -0.2) is 31.7 Å². The fourth-order valence-electron chi connectivity index (χ4n) is 3.76. The van der Waals surface area contributed by atoms with Gasteiger partial charge in [-0.15, -0.1) is 6.42 Å². The van der Waals surface area contributed by atoms with E-state index >= 15 is 0 Å². The number of ether oxygens (including phenoxy) is 1. The predicted octanol–water partition coefficient (Wildman–Crippen LogP) is 3.56. The summed E-state index contributed by atoms with van der Waals surface area (Å²) in [7, 11) is -4.10. The van der Waals surface area contributed by atoms with Crippen molar-refractivity contribution in [2.45, 2.75) is 18.8 Å². The molecule has 11 nitrogen and oxygen atoms in total. The van der Waals surface area contributed by atoms with Gasteiger partial charge in [0.2, 0.25) is 0 Å². The number of terminal acetylenes is 1. The number of aromatic amines is 1. The SMILES string of the molecule is C#C[C@@]1(COP(=O)(Nc2cccnc2)Oc2ccc3ncccc3c2)C=C[C@H](n2cc(C)c(=O)[nH]c2=O)O1. The van der Waals surface area contributed by atoms with E-state index < -0.39 is 30.8 Å². The van der Waals surface area contributed by atoms with Crippen molar-refractivity contribution in [3.05, 3.63) is 106 Å². The van der Waals surface area contributed by atoms with Gasteiger partial charge in [0.05, 0.1) is 17.4 Å². The minimum absolute atomic E-state index is 0.274. The third kappa shape index (κ3) is 5.28. The zero-order valence-electron chi connectivity index (χ0n) is 20.1. The molecule has 0 saturated heterocycles. The van der Waals surface area contributed by atoms with Gasteiger partial charge in [-0.05, 0) is 55.5 Å². The molecule has 0 saturated carbocycles. The molecule has 0 radical (unpaired) electrons. The molecule has 1 aliphatic heterocycles. The van der Waals surface area contributed by atoms with E-state index in [4.69, 9.17) is 20.2 Å². The molecule has 0 aliphatic carbocycles. The average molecular weight is 531 g/mol. The predicted molar refractivity (Wildman–Crippen MR) is 141 cm³/mol. The van der Waals surface area contributed by atoms with E-state index in [-0.39, 0.29) is 12.4 Å². The van der Waals surface area contributed by atoms with Crippen molar-refractivity contribution in [2.75, 3.05) is 11.7 Å². The van der Waals surface area contributed by atoms with E-state index in [0.717, 1.165) is 10.9 Å². The van der Waals surface area contributed by atoms with E-state index in [0.29, 0.717) is 11.3 Å². The first-order valence-corrected chi connectivity index (χ1v) is 13.0. The molecule has 38 heavy (non-hydrogen) atoms. The van der Waals surface area contributed by atoms with Crippen LogP contribution in [-0.2, 0) is 13.8 Å². The minimum atomic E-state index is -4.10. The summed E-state index contributed by atoms with van der Waals surface area (Å²) in [5.74, 6) is 2.77. The van der Waals surface area contributed by atoms with Crippen LogP contribution in [0.5, 0.6) is 5.75 Å². The molecule has 12 heteroatoms. The molecular weight excluding hydrogens is 509 g/mol. The molecule has 0 spiro atoms. The van der Waals surface area contributed by atoms with Crippen LogP contribution in [0.4, 0.5) is 5.69 Å². The Kier molecular flexibility index (Phi) is 6.70.